The lowest BCUT2D eigenvalue weighted by atomic mass is 9.96. The van der Waals surface area contributed by atoms with E-state index in [-0.39, 0.29) is 6.10 Å². The zero-order valence-corrected chi connectivity index (χ0v) is 11.3. The average Bonchev–Trinajstić information content (AvgIpc) is 2.79. The maximum atomic E-state index is 9.85. The zero-order valence-electron chi connectivity index (χ0n) is 11.3. The van der Waals surface area contributed by atoms with Gasteiger partial charge in [-0.05, 0) is 12.3 Å². The van der Waals surface area contributed by atoms with Crippen LogP contribution in [-0.4, -0.2) is 40.5 Å². The minimum absolute atomic E-state index is 0.317. The Balaban J connectivity index is 1.93. The molecule has 102 valence electrons. The molecule has 2 N–H and O–H groups in total. The molecule has 0 bridgehead atoms. The van der Waals surface area contributed by atoms with Crippen molar-refractivity contribution in [3.05, 3.63) is 5.89 Å². The Morgan fingerprint density at radius 2 is 2.28 bits per heavy atom. The molecule has 1 aliphatic heterocycles. The lowest BCUT2D eigenvalue weighted by molar-refractivity contribution is 0.101. The maximum Gasteiger partial charge on any atom is 0.318 e. The van der Waals surface area contributed by atoms with Crippen LogP contribution >= 0.6 is 0 Å². The molecule has 0 aliphatic carbocycles. The first-order chi connectivity index (χ1) is 8.56. The monoisotopic (exact) mass is 254 g/mol. The molecule has 1 fully saturated rings. The smallest absolute Gasteiger partial charge is 0.318 e. The van der Waals surface area contributed by atoms with Crippen molar-refractivity contribution in [1.29, 1.82) is 0 Å². The molecule has 0 radical (unpaired) electrons. The van der Waals surface area contributed by atoms with Gasteiger partial charge in [-0.2, -0.15) is 0 Å². The number of rotatable bonds is 4. The second-order valence-corrected chi connectivity index (χ2v) is 5.29. The molecule has 1 aliphatic rings. The Bertz CT molecular complexity index is 380. The van der Waals surface area contributed by atoms with E-state index >= 15 is 0 Å². The average molecular weight is 254 g/mol. The number of hydrogen-bond acceptors (Lipinski definition) is 6. The molecule has 2 rings (SSSR count). The normalized spacial score (nSPS) is 24.8. The Morgan fingerprint density at radius 3 is 2.94 bits per heavy atom. The predicted octanol–water partition coefficient (Wildman–Crippen LogP) is 0.775. The summed E-state index contributed by atoms with van der Waals surface area (Å²) in [4.78, 5) is 1.95. The van der Waals surface area contributed by atoms with Gasteiger partial charge in [0.2, 0.25) is 5.89 Å². The number of β-amino-alcohol motifs (C(OH)–C–C–N with tert-alkyl or cyclic N) is 1. The van der Waals surface area contributed by atoms with Crippen LogP contribution < -0.4 is 10.2 Å². The van der Waals surface area contributed by atoms with Gasteiger partial charge in [-0.1, -0.05) is 25.9 Å². The molecule has 2 heterocycles. The van der Waals surface area contributed by atoms with Crippen LogP contribution in [0.4, 0.5) is 6.01 Å². The summed E-state index contributed by atoms with van der Waals surface area (Å²) in [5.41, 5.74) is 0. The van der Waals surface area contributed by atoms with E-state index in [0.29, 0.717) is 37.0 Å². The van der Waals surface area contributed by atoms with Crippen molar-refractivity contribution < 1.29 is 9.52 Å². The first-order valence-corrected chi connectivity index (χ1v) is 6.55. The van der Waals surface area contributed by atoms with Gasteiger partial charge in [0, 0.05) is 19.1 Å². The number of piperidine rings is 1. The van der Waals surface area contributed by atoms with Crippen LogP contribution in [0, 0.1) is 5.92 Å². The molecule has 18 heavy (non-hydrogen) atoms. The fraction of sp³-hybridized carbons (Fsp3) is 0.833. The van der Waals surface area contributed by atoms with E-state index in [0.717, 1.165) is 13.0 Å². The summed E-state index contributed by atoms with van der Waals surface area (Å²) < 4.78 is 5.59. The summed E-state index contributed by atoms with van der Waals surface area (Å²) in [7, 11) is 0. The van der Waals surface area contributed by atoms with Gasteiger partial charge in [-0.15, -0.1) is 5.10 Å². The quantitative estimate of drug-likeness (QED) is 0.827. The van der Waals surface area contributed by atoms with E-state index in [1.165, 1.54) is 0 Å². The third-order valence-electron chi connectivity index (χ3n) is 3.31. The Morgan fingerprint density at radius 1 is 1.50 bits per heavy atom. The standard InChI is InChI=1S/C12H22N4O2/c1-8(2)13-6-11-14-15-12(18-11)16-5-4-9(3)10(17)7-16/h8-10,13,17H,4-7H2,1-3H3. The number of nitrogens with zero attached hydrogens (tertiary/aromatic N) is 3. The third kappa shape index (κ3) is 3.20. The predicted molar refractivity (Wildman–Crippen MR) is 68.3 cm³/mol. The summed E-state index contributed by atoms with van der Waals surface area (Å²) in [6, 6.07) is 0.902. The second-order valence-electron chi connectivity index (χ2n) is 5.29. The first-order valence-electron chi connectivity index (χ1n) is 6.55. The van der Waals surface area contributed by atoms with E-state index in [1.54, 1.807) is 0 Å². The molecule has 0 spiro atoms. The fourth-order valence-corrected chi connectivity index (χ4v) is 1.96. The van der Waals surface area contributed by atoms with Crippen LogP contribution in [0.1, 0.15) is 33.1 Å². The summed E-state index contributed by atoms with van der Waals surface area (Å²) in [6.45, 7) is 8.21. The van der Waals surface area contributed by atoms with Gasteiger partial charge in [-0.3, -0.25) is 0 Å². The molecule has 2 unspecified atom stereocenters. The van der Waals surface area contributed by atoms with Gasteiger partial charge in [0.15, 0.2) is 0 Å². The van der Waals surface area contributed by atoms with E-state index in [4.69, 9.17) is 4.42 Å². The van der Waals surface area contributed by atoms with Gasteiger partial charge in [0.05, 0.1) is 12.6 Å². The summed E-state index contributed by atoms with van der Waals surface area (Å²) >= 11 is 0. The first kappa shape index (κ1) is 13.3. The number of aliphatic hydroxyl groups is 1. The summed E-state index contributed by atoms with van der Waals surface area (Å²) in [5.74, 6) is 0.929. The van der Waals surface area contributed by atoms with E-state index < -0.39 is 0 Å². The van der Waals surface area contributed by atoms with Gasteiger partial charge in [0.1, 0.15) is 0 Å². The third-order valence-corrected chi connectivity index (χ3v) is 3.31. The highest BCUT2D eigenvalue weighted by molar-refractivity contribution is 5.25. The highest BCUT2D eigenvalue weighted by Gasteiger charge is 2.27. The molecular formula is C12H22N4O2. The van der Waals surface area contributed by atoms with E-state index in [9.17, 15) is 5.11 Å². The molecule has 6 nitrogen and oxygen atoms in total. The zero-order chi connectivity index (χ0) is 13.1. The van der Waals surface area contributed by atoms with Crippen molar-refractivity contribution in [2.24, 2.45) is 5.92 Å². The molecule has 0 aromatic carbocycles. The summed E-state index contributed by atoms with van der Waals surface area (Å²) in [5, 5.41) is 21.1. The number of aliphatic hydroxyl groups excluding tert-OH is 1. The molecule has 0 saturated carbocycles. The molecular weight excluding hydrogens is 232 g/mol. The highest BCUT2D eigenvalue weighted by atomic mass is 16.4. The lowest BCUT2D eigenvalue weighted by Gasteiger charge is -2.32. The second kappa shape index (κ2) is 5.67. The fourth-order valence-electron chi connectivity index (χ4n) is 1.96. The van der Waals surface area contributed by atoms with Crippen LogP contribution in [0.3, 0.4) is 0 Å². The topological polar surface area (TPSA) is 74.4 Å². The number of aromatic nitrogens is 2. The van der Waals surface area contributed by atoms with Gasteiger partial charge in [-0.25, -0.2) is 0 Å². The Hall–Kier alpha value is -1.14. The van der Waals surface area contributed by atoms with Gasteiger partial charge in [0.25, 0.3) is 0 Å². The highest BCUT2D eigenvalue weighted by Crippen LogP contribution is 2.22. The van der Waals surface area contributed by atoms with Crippen molar-refractivity contribution in [3.63, 3.8) is 0 Å². The molecule has 1 saturated heterocycles. The van der Waals surface area contributed by atoms with Crippen molar-refractivity contribution in [2.75, 3.05) is 18.0 Å². The minimum Gasteiger partial charge on any atom is -0.407 e. The Labute approximate surface area is 107 Å². The van der Waals surface area contributed by atoms with Crippen molar-refractivity contribution in [2.45, 2.75) is 45.9 Å². The van der Waals surface area contributed by atoms with Crippen LogP contribution in [0.5, 0.6) is 0 Å². The number of anilines is 1. The molecule has 1 aromatic heterocycles. The molecule has 1 aromatic rings. The van der Waals surface area contributed by atoms with Gasteiger partial charge < -0.3 is 19.7 Å². The van der Waals surface area contributed by atoms with Crippen molar-refractivity contribution in [3.8, 4) is 0 Å². The maximum absolute atomic E-state index is 9.85. The SMILES string of the molecule is CC(C)NCc1nnc(N2CCC(C)C(O)C2)o1. The lowest BCUT2D eigenvalue weighted by Crippen LogP contribution is -2.43. The van der Waals surface area contributed by atoms with E-state index in [1.807, 2.05) is 4.90 Å². The van der Waals surface area contributed by atoms with Crippen LogP contribution in [0.25, 0.3) is 0 Å². The van der Waals surface area contributed by atoms with Crippen LogP contribution in [0.2, 0.25) is 0 Å². The number of hydrogen-bond donors (Lipinski definition) is 2. The van der Waals surface area contributed by atoms with Crippen LogP contribution in [-0.2, 0) is 6.54 Å². The molecule has 2 atom stereocenters. The molecule has 6 heteroatoms. The minimum atomic E-state index is -0.317. The van der Waals surface area contributed by atoms with E-state index in [2.05, 4.69) is 36.3 Å². The van der Waals surface area contributed by atoms with Crippen molar-refractivity contribution in [1.82, 2.24) is 15.5 Å². The van der Waals surface area contributed by atoms with Crippen LogP contribution in [0.15, 0.2) is 4.42 Å². The van der Waals surface area contributed by atoms with Crippen molar-refractivity contribution >= 4 is 6.01 Å². The summed E-state index contributed by atoms with van der Waals surface area (Å²) in [6.07, 6.45) is 0.631. The Kier molecular flexibility index (Phi) is 4.19. The largest absolute Gasteiger partial charge is 0.407 e. The number of nitrogens with one attached hydrogen (secondary N) is 1. The molecule has 0 amide bonds. The van der Waals surface area contributed by atoms with Gasteiger partial charge >= 0.3 is 6.01 Å².